The molecule has 0 spiro atoms. The van der Waals surface area contributed by atoms with E-state index in [0.29, 0.717) is 28.1 Å². The van der Waals surface area contributed by atoms with Crippen molar-refractivity contribution in [2.45, 2.75) is 6.54 Å². The number of nitrogen functional groups attached to an aromatic ring is 2. The molecule has 0 aliphatic carbocycles. The summed E-state index contributed by atoms with van der Waals surface area (Å²) in [6.45, 7) is 0.216. The fourth-order valence-corrected chi connectivity index (χ4v) is 2.48. The van der Waals surface area contributed by atoms with E-state index in [4.69, 9.17) is 11.5 Å². The molecule has 1 heterocycles. The van der Waals surface area contributed by atoms with E-state index in [1.165, 1.54) is 24.5 Å². The summed E-state index contributed by atoms with van der Waals surface area (Å²) < 4.78 is 35.9. The lowest BCUT2D eigenvalue weighted by Crippen LogP contribution is -2.21. The first-order chi connectivity index (χ1) is 10.3. The Morgan fingerprint density at radius 3 is 2.64 bits per heavy atom. The molecule has 6 nitrogen and oxygen atoms in total. The van der Waals surface area contributed by atoms with Gasteiger partial charge in [0.15, 0.2) is 9.84 Å². The molecule has 0 unspecified atom stereocenters. The summed E-state index contributed by atoms with van der Waals surface area (Å²) in [4.78, 5) is 3.95. The van der Waals surface area contributed by atoms with E-state index < -0.39 is 15.7 Å². The number of rotatable bonds is 5. The Hall–Kier alpha value is -2.19. The SMILES string of the molecule is CS(=O)(=O)CNCc1cc(F)cc(-c2cncc(N)c2N)c1. The zero-order valence-corrected chi connectivity index (χ0v) is 12.8. The highest BCUT2D eigenvalue weighted by Gasteiger charge is 2.09. The Morgan fingerprint density at radius 1 is 1.23 bits per heavy atom. The van der Waals surface area contributed by atoms with Crippen LogP contribution in [0.15, 0.2) is 30.6 Å². The number of hydrogen-bond acceptors (Lipinski definition) is 6. The Kier molecular flexibility index (Phi) is 4.62. The van der Waals surface area contributed by atoms with Gasteiger partial charge in [-0.05, 0) is 29.3 Å². The molecule has 0 aliphatic rings. The van der Waals surface area contributed by atoms with Crippen molar-refractivity contribution in [2.24, 2.45) is 0 Å². The third-order valence-electron chi connectivity index (χ3n) is 2.98. The minimum Gasteiger partial charge on any atom is -0.396 e. The number of nitrogens with one attached hydrogen (secondary N) is 1. The predicted molar refractivity (Wildman–Crippen MR) is 85.0 cm³/mol. The molecule has 0 saturated carbocycles. The molecule has 2 aromatic rings. The summed E-state index contributed by atoms with van der Waals surface area (Å²) in [6.07, 6.45) is 4.05. The van der Waals surface area contributed by atoms with E-state index in [0.717, 1.165) is 6.26 Å². The maximum atomic E-state index is 13.8. The summed E-state index contributed by atoms with van der Waals surface area (Å²) >= 11 is 0. The molecular weight excluding hydrogens is 307 g/mol. The molecule has 0 bridgehead atoms. The summed E-state index contributed by atoms with van der Waals surface area (Å²) in [5.74, 6) is -0.628. The van der Waals surface area contributed by atoms with E-state index in [1.807, 2.05) is 0 Å². The lowest BCUT2D eigenvalue weighted by Gasteiger charge is -2.10. The molecule has 118 valence electrons. The van der Waals surface area contributed by atoms with Crippen molar-refractivity contribution in [2.75, 3.05) is 23.6 Å². The van der Waals surface area contributed by atoms with Crippen LogP contribution in [0, 0.1) is 5.82 Å². The van der Waals surface area contributed by atoms with Gasteiger partial charge in [0.1, 0.15) is 5.82 Å². The topological polar surface area (TPSA) is 111 Å². The van der Waals surface area contributed by atoms with E-state index in [1.54, 1.807) is 6.07 Å². The van der Waals surface area contributed by atoms with Gasteiger partial charge in [0.05, 0.1) is 23.4 Å². The molecule has 0 fully saturated rings. The maximum absolute atomic E-state index is 13.8. The summed E-state index contributed by atoms with van der Waals surface area (Å²) in [7, 11) is -3.13. The second-order valence-corrected chi connectivity index (χ2v) is 7.18. The second kappa shape index (κ2) is 6.29. The molecule has 0 atom stereocenters. The van der Waals surface area contributed by atoms with Crippen LogP contribution in [-0.2, 0) is 16.4 Å². The van der Waals surface area contributed by atoms with Crippen molar-refractivity contribution in [1.82, 2.24) is 10.3 Å². The average Bonchev–Trinajstić information content (AvgIpc) is 2.40. The monoisotopic (exact) mass is 324 g/mol. The zero-order valence-electron chi connectivity index (χ0n) is 12.0. The minimum atomic E-state index is -3.13. The third-order valence-corrected chi connectivity index (χ3v) is 3.71. The van der Waals surface area contributed by atoms with Crippen molar-refractivity contribution in [1.29, 1.82) is 0 Å². The first-order valence-electron chi connectivity index (χ1n) is 6.43. The zero-order chi connectivity index (χ0) is 16.3. The summed E-state index contributed by atoms with van der Waals surface area (Å²) in [5.41, 5.74) is 13.9. The molecule has 1 aromatic carbocycles. The van der Waals surface area contributed by atoms with Gasteiger partial charge in [-0.15, -0.1) is 0 Å². The highest BCUT2D eigenvalue weighted by Crippen LogP contribution is 2.30. The van der Waals surface area contributed by atoms with Gasteiger partial charge < -0.3 is 11.5 Å². The molecule has 0 amide bonds. The molecule has 2 rings (SSSR count). The Balaban J connectivity index is 2.29. The van der Waals surface area contributed by atoms with Crippen molar-refractivity contribution in [3.8, 4) is 11.1 Å². The van der Waals surface area contributed by atoms with Crippen LogP contribution >= 0.6 is 0 Å². The third kappa shape index (κ3) is 4.15. The highest BCUT2D eigenvalue weighted by molar-refractivity contribution is 7.90. The quantitative estimate of drug-likeness (QED) is 0.760. The maximum Gasteiger partial charge on any atom is 0.160 e. The molecule has 8 heteroatoms. The van der Waals surface area contributed by atoms with Crippen LogP contribution in [0.5, 0.6) is 0 Å². The lowest BCUT2D eigenvalue weighted by atomic mass is 10.0. The molecule has 22 heavy (non-hydrogen) atoms. The number of sulfone groups is 1. The van der Waals surface area contributed by atoms with Crippen LogP contribution in [0.4, 0.5) is 15.8 Å². The second-order valence-electron chi connectivity index (χ2n) is 5.03. The van der Waals surface area contributed by atoms with Gasteiger partial charge in [0, 0.05) is 24.6 Å². The average molecular weight is 324 g/mol. The molecular formula is C14H17FN4O2S. The van der Waals surface area contributed by atoms with Crippen molar-refractivity contribution in [3.63, 3.8) is 0 Å². The number of pyridine rings is 1. The van der Waals surface area contributed by atoms with Gasteiger partial charge in [-0.1, -0.05) is 0 Å². The first-order valence-corrected chi connectivity index (χ1v) is 8.49. The van der Waals surface area contributed by atoms with E-state index in [-0.39, 0.29) is 12.4 Å². The normalized spacial score (nSPS) is 11.5. The van der Waals surface area contributed by atoms with Crippen molar-refractivity contribution >= 4 is 21.2 Å². The molecule has 0 saturated heterocycles. The molecule has 0 aliphatic heterocycles. The standard InChI is InChI=1S/C14H17FN4O2S/c1-22(20,21)8-19-5-9-2-10(4-11(15)3-9)12-6-18-7-13(16)14(12)17/h2-4,6-7,19H,5,8,16H2,1H3,(H2,17,18). The summed E-state index contributed by atoms with van der Waals surface area (Å²) in [5, 5.41) is 2.75. The van der Waals surface area contributed by atoms with E-state index in [2.05, 4.69) is 10.3 Å². The fraction of sp³-hybridized carbons (Fsp3) is 0.214. The highest BCUT2D eigenvalue weighted by atomic mass is 32.2. The van der Waals surface area contributed by atoms with E-state index >= 15 is 0 Å². The lowest BCUT2D eigenvalue weighted by molar-refractivity contribution is 0.592. The number of nitrogens with zero attached hydrogens (tertiary/aromatic N) is 1. The Bertz CT molecular complexity index is 793. The number of aromatic nitrogens is 1. The molecule has 0 radical (unpaired) electrons. The van der Waals surface area contributed by atoms with E-state index in [9.17, 15) is 12.8 Å². The van der Waals surface area contributed by atoms with Gasteiger partial charge in [0.2, 0.25) is 0 Å². The molecule has 1 aromatic heterocycles. The number of nitrogens with two attached hydrogens (primary N) is 2. The Labute approximate surface area is 128 Å². The predicted octanol–water partition coefficient (Wildman–Crippen LogP) is 1.14. The number of hydrogen-bond donors (Lipinski definition) is 3. The fourth-order valence-electron chi connectivity index (χ4n) is 2.01. The molecule has 5 N–H and O–H groups in total. The van der Waals surface area contributed by atoms with Crippen LogP contribution in [0.1, 0.15) is 5.56 Å². The van der Waals surface area contributed by atoms with Gasteiger partial charge in [-0.2, -0.15) is 0 Å². The Morgan fingerprint density at radius 2 is 1.95 bits per heavy atom. The van der Waals surface area contributed by atoms with Crippen molar-refractivity contribution in [3.05, 3.63) is 42.0 Å². The smallest absolute Gasteiger partial charge is 0.160 e. The number of anilines is 2. The number of halogens is 1. The van der Waals surface area contributed by atoms with Crippen LogP contribution in [0.3, 0.4) is 0 Å². The summed E-state index contributed by atoms with van der Waals surface area (Å²) in [6, 6.07) is 4.37. The van der Waals surface area contributed by atoms with Crippen LogP contribution in [0.2, 0.25) is 0 Å². The number of benzene rings is 1. The van der Waals surface area contributed by atoms with Gasteiger partial charge >= 0.3 is 0 Å². The van der Waals surface area contributed by atoms with Crippen LogP contribution < -0.4 is 16.8 Å². The van der Waals surface area contributed by atoms with Crippen LogP contribution in [-0.4, -0.2) is 25.5 Å². The van der Waals surface area contributed by atoms with Gasteiger partial charge in [0.25, 0.3) is 0 Å². The largest absolute Gasteiger partial charge is 0.396 e. The van der Waals surface area contributed by atoms with Gasteiger partial charge in [-0.3, -0.25) is 10.3 Å². The van der Waals surface area contributed by atoms with Crippen LogP contribution in [0.25, 0.3) is 11.1 Å². The van der Waals surface area contributed by atoms with Crippen molar-refractivity contribution < 1.29 is 12.8 Å². The van der Waals surface area contributed by atoms with Gasteiger partial charge in [-0.25, -0.2) is 12.8 Å². The minimum absolute atomic E-state index is 0.180. The first kappa shape index (κ1) is 16.2.